The van der Waals surface area contributed by atoms with E-state index in [2.05, 4.69) is 32.5 Å². The molecule has 4 rings (SSSR count). The van der Waals surface area contributed by atoms with Crippen LogP contribution in [-0.4, -0.2) is 32.9 Å². The molecule has 3 aromatic heterocycles. The zero-order valence-electron chi connectivity index (χ0n) is 15.4. The molecule has 3 aromatic rings. The molecule has 3 N–H and O–H groups in total. The Kier molecular flexibility index (Phi) is 5.48. The van der Waals surface area contributed by atoms with Gasteiger partial charge in [0.05, 0.1) is 22.1 Å². The highest BCUT2D eigenvalue weighted by atomic mass is 32.1. The van der Waals surface area contributed by atoms with E-state index in [-0.39, 0.29) is 11.9 Å². The number of amides is 1. The van der Waals surface area contributed by atoms with Gasteiger partial charge in [-0.25, -0.2) is 4.98 Å². The van der Waals surface area contributed by atoms with Crippen molar-refractivity contribution in [3.63, 3.8) is 0 Å². The van der Waals surface area contributed by atoms with E-state index < -0.39 is 0 Å². The topological polar surface area (TPSA) is 91.8 Å². The number of carbonyl (C=O) groups is 1. The molecule has 3 heterocycles. The van der Waals surface area contributed by atoms with Crippen molar-refractivity contribution in [2.75, 3.05) is 10.6 Å². The van der Waals surface area contributed by atoms with Gasteiger partial charge in [-0.3, -0.25) is 9.78 Å². The Morgan fingerprint density at radius 1 is 1.18 bits per heavy atom. The average molecular weight is 395 g/mol. The first kappa shape index (κ1) is 18.4. The summed E-state index contributed by atoms with van der Waals surface area (Å²) in [5.74, 6) is 1.30. The Labute approximate surface area is 167 Å². The molecule has 0 bridgehead atoms. The van der Waals surface area contributed by atoms with Crippen LogP contribution in [0, 0.1) is 0 Å². The maximum absolute atomic E-state index is 11.5. The summed E-state index contributed by atoms with van der Waals surface area (Å²) in [7, 11) is 0. The third kappa shape index (κ3) is 4.28. The molecule has 0 radical (unpaired) electrons. The van der Waals surface area contributed by atoms with Crippen molar-refractivity contribution in [3.8, 4) is 0 Å². The molecule has 0 spiro atoms. The number of anilines is 3. The number of aromatic nitrogens is 3. The monoisotopic (exact) mass is 394 g/mol. The summed E-state index contributed by atoms with van der Waals surface area (Å²) in [5, 5.41) is 11.8. The van der Waals surface area contributed by atoms with E-state index in [1.807, 2.05) is 23.6 Å². The highest BCUT2D eigenvalue weighted by Gasteiger charge is 2.23. The minimum atomic E-state index is -0.0985. The Hall–Kier alpha value is -3.00. The van der Waals surface area contributed by atoms with Gasteiger partial charge in [-0.15, -0.1) is 11.3 Å². The van der Waals surface area contributed by atoms with Crippen molar-refractivity contribution in [3.05, 3.63) is 48.6 Å². The first-order valence-corrected chi connectivity index (χ1v) is 10.2. The fraction of sp³-hybridized carbons (Fsp3) is 0.300. The van der Waals surface area contributed by atoms with Crippen LogP contribution in [0.2, 0.25) is 0 Å². The summed E-state index contributed by atoms with van der Waals surface area (Å²) in [6, 6.07) is 6.35. The van der Waals surface area contributed by atoms with Crippen LogP contribution in [0.25, 0.3) is 10.2 Å². The van der Waals surface area contributed by atoms with Gasteiger partial charge in [0.15, 0.2) is 0 Å². The summed E-state index contributed by atoms with van der Waals surface area (Å²) < 4.78 is 1.05. The third-order valence-corrected chi connectivity index (χ3v) is 5.73. The van der Waals surface area contributed by atoms with Gasteiger partial charge in [0.25, 0.3) is 0 Å². The lowest BCUT2D eigenvalue weighted by atomic mass is 9.91. The quantitative estimate of drug-likeness (QED) is 0.550. The van der Waals surface area contributed by atoms with Crippen molar-refractivity contribution in [2.24, 2.45) is 0 Å². The number of pyridine rings is 1. The average Bonchev–Trinajstić information content (AvgIpc) is 3.19. The molecule has 1 aliphatic carbocycles. The zero-order valence-corrected chi connectivity index (χ0v) is 16.2. The predicted octanol–water partition coefficient (Wildman–Crippen LogP) is 3.86. The van der Waals surface area contributed by atoms with Gasteiger partial charge in [0.1, 0.15) is 5.82 Å². The number of fused-ring (bicyclic) bond motifs is 1. The molecular weight excluding hydrogens is 372 g/mol. The number of carbonyl (C=O) groups excluding carboxylic acids is 1. The van der Waals surface area contributed by atoms with Crippen molar-refractivity contribution in [1.82, 2.24) is 20.3 Å². The second-order valence-electron chi connectivity index (χ2n) is 6.80. The van der Waals surface area contributed by atoms with Gasteiger partial charge >= 0.3 is 0 Å². The van der Waals surface area contributed by atoms with E-state index in [1.165, 1.54) is 6.08 Å². The highest BCUT2D eigenvalue weighted by molar-refractivity contribution is 7.17. The van der Waals surface area contributed by atoms with Gasteiger partial charge in [0, 0.05) is 18.3 Å². The minimum Gasteiger partial charge on any atom is -0.366 e. The van der Waals surface area contributed by atoms with Gasteiger partial charge in [0.2, 0.25) is 11.9 Å². The molecular formula is C20H22N6OS. The van der Waals surface area contributed by atoms with Gasteiger partial charge in [-0.2, -0.15) is 4.98 Å². The SMILES string of the molecule is C=CC(=O)NC1CCC(Nc2nc(Nc3cccnc3)nc3ccsc23)CC1. The van der Waals surface area contributed by atoms with Crippen molar-refractivity contribution in [2.45, 2.75) is 37.8 Å². The molecule has 144 valence electrons. The molecule has 1 fully saturated rings. The molecule has 28 heavy (non-hydrogen) atoms. The van der Waals surface area contributed by atoms with Gasteiger partial charge < -0.3 is 16.0 Å². The summed E-state index contributed by atoms with van der Waals surface area (Å²) in [6.07, 6.45) is 8.64. The van der Waals surface area contributed by atoms with Crippen LogP contribution >= 0.6 is 11.3 Å². The van der Waals surface area contributed by atoms with Crippen LogP contribution in [0.4, 0.5) is 17.5 Å². The standard InChI is InChI=1S/C20H22N6OS/c1-2-17(27)22-13-5-7-14(8-6-13)23-19-18-16(9-11-28-18)25-20(26-19)24-15-4-3-10-21-12-15/h2-4,9-14H,1,5-8H2,(H,22,27)(H2,23,24,25,26). The summed E-state index contributed by atoms with van der Waals surface area (Å²) >= 11 is 1.63. The van der Waals surface area contributed by atoms with E-state index in [4.69, 9.17) is 4.98 Å². The molecule has 0 atom stereocenters. The minimum absolute atomic E-state index is 0.0985. The lowest BCUT2D eigenvalue weighted by Crippen LogP contribution is -2.39. The fourth-order valence-corrected chi connectivity index (χ4v) is 4.20. The molecule has 8 heteroatoms. The molecule has 1 amide bonds. The molecule has 0 aromatic carbocycles. The number of rotatable bonds is 6. The molecule has 0 aliphatic heterocycles. The van der Waals surface area contributed by atoms with Gasteiger partial charge in [-0.05, 0) is 55.3 Å². The largest absolute Gasteiger partial charge is 0.366 e. The van der Waals surface area contributed by atoms with E-state index in [0.29, 0.717) is 12.0 Å². The summed E-state index contributed by atoms with van der Waals surface area (Å²) in [5.41, 5.74) is 1.77. The van der Waals surface area contributed by atoms with Crippen molar-refractivity contribution < 1.29 is 4.79 Å². The van der Waals surface area contributed by atoms with E-state index >= 15 is 0 Å². The zero-order chi connectivity index (χ0) is 19.3. The lowest BCUT2D eigenvalue weighted by Gasteiger charge is -2.29. The summed E-state index contributed by atoms with van der Waals surface area (Å²) in [4.78, 5) is 24.9. The number of nitrogens with one attached hydrogen (secondary N) is 3. The number of hydrogen-bond acceptors (Lipinski definition) is 7. The van der Waals surface area contributed by atoms with Crippen molar-refractivity contribution in [1.29, 1.82) is 0 Å². The van der Waals surface area contributed by atoms with E-state index in [9.17, 15) is 4.79 Å². The van der Waals surface area contributed by atoms with Crippen LogP contribution < -0.4 is 16.0 Å². The number of hydrogen-bond donors (Lipinski definition) is 3. The predicted molar refractivity (Wildman–Crippen MR) is 113 cm³/mol. The first-order valence-electron chi connectivity index (χ1n) is 9.33. The Morgan fingerprint density at radius 3 is 2.75 bits per heavy atom. The van der Waals surface area contributed by atoms with E-state index in [1.54, 1.807) is 23.7 Å². The van der Waals surface area contributed by atoms with Crippen LogP contribution in [-0.2, 0) is 4.79 Å². The Balaban J connectivity index is 1.47. The van der Waals surface area contributed by atoms with Crippen LogP contribution in [0.1, 0.15) is 25.7 Å². The van der Waals surface area contributed by atoms with Gasteiger partial charge in [-0.1, -0.05) is 6.58 Å². The second-order valence-corrected chi connectivity index (χ2v) is 7.72. The number of thiophene rings is 1. The Bertz CT molecular complexity index is 965. The summed E-state index contributed by atoms with van der Waals surface area (Å²) in [6.45, 7) is 3.51. The van der Waals surface area contributed by atoms with Crippen LogP contribution in [0.3, 0.4) is 0 Å². The lowest BCUT2D eigenvalue weighted by molar-refractivity contribution is -0.117. The van der Waals surface area contributed by atoms with Crippen LogP contribution in [0.5, 0.6) is 0 Å². The van der Waals surface area contributed by atoms with Crippen molar-refractivity contribution >= 4 is 44.9 Å². The molecule has 7 nitrogen and oxygen atoms in total. The first-order chi connectivity index (χ1) is 13.7. The molecule has 1 saturated carbocycles. The Morgan fingerprint density at radius 2 is 2.00 bits per heavy atom. The third-order valence-electron chi connectivity index (χ3n) is 4.82. The fourth-order valence-electron chi connectivity index (χ4n) is 3.42. The second kappa shape index (κ2) is 8.35. The van der Waals surface area contributed by atoms with Crippen LogP contribution in [0.15, 0.2) is 48.6 Å². The normalized spacial score (nSPS) is 19.1. The molecule has 0 saturated heterocycles. The smallest absolute Gasteiger partial charge is 0.243 e. The maximum Gasteiger partial charge on any atom is 0.243 e. The number of nitrogens with zero attached hydrogens (tertiary/aromatic N) is 3. The molecule has 0 unspecified atom stereocenters. The maximum atomic E-state index is 11.5. The highest BCUT2D eigenvalue weighted by Crippen LogP contribution is 2.30. The molecule has 1 aliphatic rings. The van der Waals surface area contributed by atoms with E-state index in [0.717, 1.165) is 47.4 Å².